The van der Waals surface area contributed by atoms with Crippen molar-refractivity contribution < 1.29 is 0 Å². The van der Waals surface area contributed by atoms with E-state index in [0.717, 1.165) is 66.6 Å². The van der Waals surface area contributed by atoms with E-state index in [1.165, 1.54) is 32.8 Å². The lowest BCUT2D eigenvalue weighted by atomic mass is 9.91. The average Bonchev–Trinajstić information content (AvgIpc) is 3.71. The normalized spacial score (nSPS) is 11.5. The van der Waals surface area contributed by atoms with Crippen molar-refractivity contribution in [2.24, 2.45) is 0 Å². The lowest BCUT2D eigenvalue weighted by Crippen LogP contribution is -2.00. The second-order valence-electron chi connectivity index (χ2n) is 15.8. The zero-order valence-electron chi connectivity index (χ0n) is 34.1. The maximum Gasteiger partial charge on any atom is 0.164 e. The summed E-state index contributed by atoms with van der Waals surface area (Å²) >= 11 is 0. The third kappa shape index (κ3) is 6.42. The molecule has 12 rings (SSSR count). The van der Waals surface area contributed by atoms with E-state index in [2.05, 4.69) is 193 Å². The van der Waals surface area contributed by atoms with Crippen molar-refractivity contribution in [2.75, 3.05) is 0 Å². The maximum absolute atomic E-state index is 5.17. The quantitative estimate of drug-likeness (QED) is 0.151. The number of hydrogen-bond acceptors (Lipinski definition) is 4. The number of pyridine rings is 1. The second kappa shape index (κ2) is 15.2. The van der Waals surface area contributed by atoms with Gasteiger partial charge in [-0.05, 0) is 70.8 Å². The van der Waals surface area contributed by atoms with Gasteiger partial charge in [-0.15, -0.1) is 0 Å². The average molecular weight is 804 g/mol. The Kier molecular flexibility index (Phi) is 8.75. The highest BCUT2D eigenvalue weighted by Gasteiger charge is 2.17. The third-order valence-electron chi connectivity index (χ3n) is 12.1. The molecular weight excluding hydrogens is 767 g/mol. The molecular formula is C58H37N5. The molecule has 0 saturated carbocycles. The topological polar surface area (TPSA) is 56.5 Å². The first kappa shape index (κ1) is 36.3. The van der Waals surface area contributed by atoms with Crippen LogP contribution in [0.4, 0.5) is 0 Å². The Balaban J connectivity index is 0.913. The predicted octanol–water partition coefficient (Wildman–Crippen LogP) is 14.7. The number of rotatable bonds is 7. The van der Waals surface area contributed by atoms with E-state index in [1.807, 2.05) is 36.4 Å². The van der Waals surface area contributed by atoms with Gasteiger partial charge in [-0.25, -0.2) is 19.9 Å². The van der Waals surface area contributed by atoms with Crippen LogP contribution in [0.5, 0.6) is 0 Å². The standard InChI is InChI=1S/C58H37N5/c1-3-15-39(16-4-1)55-50-25-14-24-46(54(50)49-23-7-10-26-51(49)59-55)44-20-13-19-43(37-44)38-29-31-41(32-30-38)57-60-56(40-17-5-2-6-18-40)61-58(62-57)42-33-35-45(36-34-42)63-52-27-11-8-21-47(52)48-22-9-12-28-53(48)63/h1-37H. The molecule has 3 heterocycles. The van der Waals surface area contributed by atoms with Crippen LogP contribution in [0.2, 0.25) is 0 Å². The summed E-state index contributed by atoms with van der Waals surface area (Å²) in [6.07, 6.45) is 0. The zero-order chi connectivity index (χ0) is 41.7. The third-order valence-corrected chi connectivity index (χ3v) is 12.1. The molecule has 0 fully saturated rings. The summed E-state index contributed by atoms with van der Waals surface area (Å²) in [5, 5.41) is 5.95. The lowest BCUT2D eigenvalue weighted by molar-refractivity contribution is 1.07. The number of para-hydroxylation sites is 3. The molecule has 0 aliphatic carbocycles. The summed E-state index contributed by atoms with van der Waals surface area (Å²) in [5.74, 6) is 1.88. The van der Waals surface area contributed by atoms with Gasteiger partial charge in [0, 0.05) is 54.9 Å². The highest BCUT2D eigenvalue weighted by atomic mass is 15.0. The van der Waals surface area contributed by atoms with Gasteiger partial charge >= 0.3 is 0 Å². The minimum absolute atomic E-state index is 0.621. The van der Waals surface area contributed by atoms with Crippen LogP contribution >= 0.6 is 0 Å². The molecule has 0 unspecified atom stereocenters. The van der Waals surface area contributed by atoms with E-state index in [4.69, 9.17) is 19.9 Å². The molecule has 0 saturated heterocycles. The fourth-order valence-corrected chi connectivity index (χ4v) is 9.05. The Morgan fingerprint density at radius 1 is 0.286 bits per heavy atom. The second-order valence-corrected chi connectivity index (χ2v) is 15.8. The van der Waals surface area contributed by atoms with Crippen molar-refractivity contribution in [1.29, 1.82) is 0 Å². The summed E-state index contributed by atoms with van der Waals surface area (Å²) < 4.78 is 2.32. The molecule has 3 aromatic heterocycles. The molecule has 0 radical (unpaired) electrons. The lowest BCUT2D eigenvalue weighted by Gasteiger charge is -2.15. The predicted molar refractivity (Wildman–Crippen MR) is 260 cm³/mol. The van der Waals surface area contributed by atoms with Gasteiger partial charge in [0.25, 0.3) is 0 Å². The smallest absolute Gasteiger partial charge is 0.164 e. The van der Waals surface area contributed by atoms with Gasteiger partial charge in [0.1, 0.15) is 0 Å². The Bertz CT molecular complexity index is 3600. The molecule has 0 aliphatic rings. The van der Waals surface area contributed by atoms with Crippen LogP contribution in [0.25, 0.3) is 117 Å². The van der Waals surface area contributed by atoms with Crippen LogP contribution < -0.4 is 0 Å². The van der Waals surface area contributed by atoms with E-state index < -0.39 is 0 Å². The molecule has 5 nitrogen and oxygen atoms in total. The number of nitrogens with zero attached hydrogens (tertiary/aromatic N) is 5. The number of hydrogen-bond donors (Lipinski definition) is 0. The van der Waals surface area contributed by atoms with Gasteiger partial charge in [0.15, 0.2) is 17.5 Å². The molecule has 12 aromatic rings. The van der Waals surface area contributed by atoms with Gasteiger partial charge in [0.2, 0.25) is 0 Å². The molecule has 0 amide bonds. The molecule has 63 heavy (non-hydrogen) atoms. The Morgan fingerprint density at radius 2 is 0.746 bits per heavy atom. The fourth-order valence-electron chi connectivity index (χ4n) is 9.05. The van der Waals surface area contributed by atoms with Gasteiger partial charge in [0.05, 0.1) is 22.2 Å². The Hall–Kier alpha value is -8.54. The first-order chi connectivity index (χ1) is 31.2. The number of fused-ring (bicyclic) bond motifs is 6. The van der Waals surface area contributed by atoms with Crippen molar-refractivity contribution in [1.82, 2.24) is 24.5 Å². The molecule has 0 bridgehead atoms. The van der Waals surface area contributed by atoms with E-state index >= 15 is 0 Å². The van der Waals surface area contributed by atoms with Gasteiger partial charge in [-0.3, -0.25) is 0 Å². The largest absolute Gasteiger partial charge is 0.309 e. The van der Waals surface area contributed by atoms with Crippen molar-refractivity contribution in [3.05, 3.63) is 224 Å². The maximum atomic E-state index is 5.17. The van der Waals surface area contributed by atoms with Gasteiger partial charge < -0.3 is 4.57 Å². The van der Waals surface area contributed by atoms with Crippen LogP contribution in [0, 0.1) is 0 Å². The molecule has 0 spiro atoms. The van der Waals surface area contributed by atoms with Crippen molar-refractivity contribution in [3.63, 3.8) is 0 Å². The molecule has 0 aliphatic heterocycles. The number of benzene rings is 9. The van der Waals surface area contributed by atoms with Crippen LogP contribution in [0.1, 0.15) is 0 Å². The summed E-state index contributed by atoms with van der Waals surface area (Å²) in [6.45, 7) is 0. The summed E-state index contributed by atoms with van der Waals surface area (Å²) in [7, 11) is 0. The SMILES string of the molecule is c1ccc(-c2nc(-c3ccc(-c4cccc(-c5cccc6c(-c7ccccc7)nc7ccccc7c56)c4)cc3)nc(-c3ccc(-n4c5ccccc5c5ccccc54)cc3)n2)cc1. The summed E-state index contributed by atoms with van der Waals surface area (Å²) in [6, 6.07) is 78.7. The van der Waals surface area contributed by atoms with Crippen LogP contribution in [0.3, 0.4) is 0 Å². The molecule has 5 heteroatoms. The minimum atomic E-state index is 0.621. The summed E-state index contributed by atoms with van der Waals surface area (Å²) in [5.41, 5.74) is 13.8. The monoisotopic (exact) mass is 803 g/mol. The minimum Gasteiger partial charge on any atom is -0.309 e. The molecule has 0 atom stereocenters. The summed E-state index contributed by atoms with van der Waals surface area (Å²) in [4.78, 5) is 20.3. The molecule has 0 N–H and O–H groups in total. The van der Waals surface area contributed by atoms with E-state index in [9.17, 15) is 0 Å². The van der Waals surface area contributed by atoms with Crippen molar-refractivity contribution in [2.45, 2.75) is 0 Å². The van der Waals surface area contributed by atoms with E-state index in [-0.39, 0.29) is 0 Å². The molecule has 9 aromatic carbocycles. The molecule has 294 valence electrons. The van der Waals surface area contributed by atoms with Crippen LogP contribution in [-0.4, -0.2) is 24.5 Å². The van der Waals surface area contributed by atoms with Crippen molar-refractivity contribution >= 4 is 43.5 Å². The van der Waals surface area contributed by atoms with Crippen molar-refractivity contribution in [3.8, 4) is 73.4 Å². The van der Waals surface area contributed by atoms with Gasteiger partial charge in [-0.2, -0.15) is 0 Å². The first-order valence-corrected chi connectivity index (χ1v) is 21.2. The fraction of sp³-hybridized carbons (Fsp3) is 0. The highest BCUT2D eigenvalue weighted by Crippen LogP contribution is 2.40. The highest BCUT2D eigenvalue weighted by molar-refractivity contribution is 6.17. The van der Waals surface area contributed by atoms with E-state index in [0.29, 0.717) is 17.5 Å². The Morgan fingerprint density at radius 3 is 1.40 bits per heavy atom. The number of aromatic nitrogens is 5. The Labute approximate surface area is 364 Å². The van der Waals surface area contributed by atoms with E-state index in [1.54, 1.807) is 0 Å². The zero-order valence-corrected chi connectivity index (χ0v) is 34.1. The van der Waals surface area contributed by atoms with Gasteiger partial charge in [-0.1, -0.05) is 176 Å². The first-order valence-electron chi connectivity index (χ1n) is 21.2. The van der Waals surface area contributed by atoms with Crippen LogP contribution in [-0.2, 0) is 0 Å². The van der Waals surface area contributed by atoms with Crippen LogP contribution in [0.15, 0.2) is 224 Å².